The summed E-state index contributed by atoms with van der Waals surface area (Å²) in [4.78, 5) is 65.7. The fraction of sp³-hybridized carbons (Fsp3) is 0.300. The van der Waals surface area contributed by atoms with Gasteiger partial charge in [0.25, 0.3) is 11.5 Å². The molecule has 0 radical (unpaired) electrons. The second-order valence-corrected chi connectivity index (χ2v) is 7.45. The molecule has 1 aromatic carbocycles. The molecule has 3 rings (SSSR count). The molecule has 1 aromatic heterocycles. The number of benzene rings is 1. The number of hydrogen-bond acceptors (Lipinski definition) is 9. The monoisotopic (exact) mass is 518 g/mol. The van der Waals surface area contributed by atoms with Gasteiger partial charge in [0.05, 0.1) is 6.04 Å². The van der Waals surface area contributed by atoms with Gasteiger partial charge < -0.3 is 36.8 Å². The molecule has 14 nitrogen and oxygen atoms in total. The van der Waals surface area contributed by atoms with Crippen molar-refractivity contribution in [2.24, 2.45) is 0 Å². The van der Waals surface area contributed by atoms with Gasteiger partial charge in [-0.1, -0.05) is 0 Å². The van der Waals surface area contributed by atoms with Gasteiger partial charge in [0.15, 0.2) is 11.5 Å². The number of carboxylic acids is 2. The summed E-state index contributed by atoms with van der Waals surface area (Å²) in [5.41, 5.74) is 5.84. The second-order valence-electron chi connectivity index (χ2n) is 7.45. The molecule has 180 valence electrons. The topological polar surface area (TPSA) is 220 Å². The van der Waals surface area contributed by atoms with E-state index in [1.807, 2.05) is 0 Å². The summed E-state index contributed by atoms with van der Waals surface area (Å²) in [6.07, 6.45) is -0.101. The third kappa shape index (κ3) is 7.07. The number of nitrogens with two attached hydrogens (primary N) is 1. The third-order valence-electron chi connectivity index (χ3n) is 5.12. The van der Waals surface area contributed by atoms with Gasteiger partial charge in [-0.25, -0.2) is 4.79 Å². The van der Waals surface area contributed by atoms with Gasteiger partial charge >= 0.3 is 49.7 Å². The van der Waals surface area contributed by atoms with Crippen molar-refractivity contribution < 1.29 is 29.4 Å². The molecular weight excluding hydrogens is 495 g/mol. The first-order valence-corrected chi connectivity index (χ1v) is 10.2. The number of aliphatic carboxylic acids is 2. The molecule has 1 aliphatic heterocycles. The Bertz CT molecular complexity index is 1160. The largest absolute Gasteiger partial charge is 2.00 e. The molecule has 0 bridgehead atoms. The first kappa shape index (κ1) is 27.9. The van der Waals surface area contributed by atoms with Crippen LogP contribution in [0.1, 0.15) is 23.2 Å². The Morgan fingerprint density at radius 1 is 1.26 bits per heavy atom. The number of amides is 2. The van der Waals surface area contributed by atoms with E-state index in [9.17, 15) is 29.1 Å². The molecule has 0 unspecified atom stereocenters. The van der Waals surface area contributed by atoms with E-state index < -0.39 is 41.9 Å². The minimum absolute atomic E-state index is 0. The smallest absolute Gasteiger partial charge is 0.481 e. The van der Waals surface area contributed by atoms with Gasteiger partial charge in [-0.15, -0.1) is 0 Å². The summed E-state index contributed by atoms with van der Waals surface area (Å²) in [6, 6.07) is 4.36. The number of fused-ring (bicyclic) bond motifs is 1. The quantitative estimate of drug-likeness (QED) is 0.113. The number of nitrogens with one attached hydrogen (secondary N) is 4. The van der Waals surface area contributed by atoms with E-state index in [1.165, 1.54) is 17.0 Å². The minimum atomic E-state index is -1.33. The normalized spacial score (nSPS) is 15.0. The van der Waals surface area contributed by atoms with Gasteiger partial charge in [0, 0.05) is 30.8 Å². The fourth-order valence-corrected chi connectivity index (χ4v) is 3.39. The number of carbonyl (C=O) groups is 4. The summed E-state index contributed by atoms with van der Waals surface area (Å²) in [7, 11) is 0. The summed E-state index contributed by atoms with van der Waals surface area (Å²) < 4.78 is 0. The van der Waals surface area contributed by atoms with Crippen LogP contribution in [0.25, 0.3) is 0 Å². The van der Waals surface area contributed by atoms with E-state index in [4.69, 9.17) is 10.8 Å². The SMILES string of the molecule is Nc1nc2c(c(=O)[nH]1)N(C=O)[C@@H](CNc1ccc(C(=O)N[13C@@H]([13CH2][13CH2][13C](=O)O)[13C](=O)O)cc1)CN2.[Ca+2]. The maximum absolute atomic E-state index is 12.3. The van der Waals surface area contributed by atoms with Crippen LogP contribution in [-0.2, 0) is 14.4 Å². The molecule has 8 N–H and O–H groups in total. The van der Waals surface area contributed by atoms with Gasteiger partial charge in [0.2, 0.25) is 12.4 Å². The standard InChI is InChI=1S/C20H23N7O7.Ca/c21-20-25-16-15(18(32)26-20)27(9-28)12(8-23-16)7-22-11-3-1-10(2-4-11)17(31)24-13(19(33)34)5-6-14(29)30;/h1-4,9,12-13,22H,5-8H2,(H,24,31)(H,29,30)(H,33,34)(H4,21,23,25,26,32);/q;+2/t12-,13-;/m0./s1/i5+1,6+1,13+1,14+1,19+1;. The Labute approximate surface area is 228 Å². The van der Waals surface area contributed by atoms with Crippen LogP contribution in [-0.4, -0.2) is 107 Å². The van der Waals surface area contributed by atoms with Crippen LogP contribution in [0.3, 0.4) is 0 Å². The number of hydrogen-bond donors (Lipinski definition) is 7. The van der Waals surface area contributed by atoms with Gasteiger partial charge in [-0.05, 0) is 30.7 Å². The van der Waals surface area contributed by atoms with Crippen molar-refractivity contribution in [3.8, 4) is 0 Å². The maximum Gasteiger partial charge on any atom is 2.00 e. The van der Waals surface area contributed by atoms with Crippen molar-refractivity contribution in [2.75, 3.05) is 34.4 Å². The van der Waals surface area contributed by atoms with Crippen molar-refractivity contribution in [2.45, 2.75) is 24.9 Å². The molecule has 2 heterocycles. The minimum Gasteiger partial charge on any atom is -0.481 e. The summed E-state index contributed by atoms with van der Waals surface area (Å²) in [6.45, 7) is 0.568. The molecular formula is C20H23CaN7O7+2. The predicted octanol–water partition coefficient (Wildman–Crippen LogP) is -1.11. The average molecular weight is 518 g/mol. The summed E-state index contributed by atoms with van der Waals surface area (Å²) in [5.74, 6) is -3.00. The molecule has 0 aliphatic carbocycles. The number of nitrogens with zero attached hydrogens (tertiary/aromatic N) is 2. The van der Waals surface area contributed by atoms with E-state index in [2.05, 4.69) is 25.9 Å². The Balaban J connectivity index is 0.00000432. The van der Waals surface area contributed by atoms with Crippen LogP contribution in [0.4, 0.5) is 23.1 Å². The number of anilines is 4. The average Bonchev–Trinajstić information content (AvgIpc) is 2.79. The Morgan fingerprint density at radius 2 is 1.94 bits per heavy atom. The van der Waals surface area contributed by atoms with Crippen molar-refractivity contribution in [1.29, 1.82) is 0 Å². The molecule has 35 heavy (non-hydrogen) atoms. The molecule has 0 spiro atoms. The van der Waals surface area contributed by atoms with E-state index in [0.717, 1.165) is 0 Å². The molecule has 1 aliphatic rings. The summed E-state index contributed by atoms with van der Waals surface area (Å²) >= 11 is 0. The Hall–Kier alpha value is -3.36. The third-order valence-corrected chi connectivity index (χ3v) is 5.12. The van der Waals surface area contributed by atoms with E-state index in [0.29, 0.717) is 18.6 Å². The van der Waals surface area contributed by atoms with E-state index >= 15 is 0 Å². The van der Waals surface area contributed by atoms with Gasteiger partial charge in [-0.3, -0.25) is 24.2 Å². The van der Waals surface area contributed by atoms with Crippen LogP contribution in [0.2, 0.25) is 0 Å². The van der Waals surface area contributed by atoms with E-state index in [1.54, 1.807) is 12.1 Å². The summed E-state index contributed by atoms with van der Waals surface area (Å²) in [5, 5.41) is 26.3. The number of H-pyrrole nitrogens is 1. The van der Waals surface area contributed by atoms with Crippen molar-refractivity contribution in [1.82, 2.24) is 15.3 Å². The molecule has 0 saturated heterocycles. The number of aromatic nitrogens is 2. The molecule has 0 saturated carbocycles. The number of rotatable bonds is 10. The predicted molar refractivity (Wildman–Crippen MR) is 127 cm³/mol. The van der Waals surface area contributed by atoms with Crippen LogP contribution >= 0.6 is 0 Å². The molecule has 0 fully saturated rings. The van der Waals surface area contributed by atoms with Crippen LogP contribution < -0.4 is 32.1 Å². The fourth-order valence-electron chi connectivity index (χ4n) is 3.39. The maximum atomic E-state index is 12.3. The molecule has 15 heteroatoms. The molecule has 2 atom stereocenters. The van der Waals surface area contributed by atoms with Crippen LogP contribution in [0, 0.1) is 0 Å². The van der Waals surface area contributed by atoms with Crippen molar-refractivity contribution in [3.05, 3.63) is 40.2 Å². The number of nitrogen functional groups attached to an aromatic ring is 1. The molecule has 2 aromatic rings. The van der Waals surface area contributed by atoms with Crippen molar-refractivity contribution in [3.63, 3.8) is 0 Å². The molecule has 2 amide bonds. The number of aromatic amines is 1. The van der Waals surface area contributed by atoms with Crippen LogP contribution in [0.5, 0.6) is 0 Å². The Morgan fingerprint density at radius 3 is 2.54 bits per heavy atom. The zero-order chi connectivity index (χ0) is 24.8. The van der Waals surface area contributed by atoms with Gasteiger partial charge in [0.1, 0.15) is 6.04 Å². The van der Waals surface area contributed by atoms with E-state index in [-0.39, 0.29) is 73.7 Å². The Kier molecular flexibility index (Phi) is 9.86. The van der Waals surface area contributed by atoms with Crippen molar-refractivity contribution >= 4 is 85.1 Å². The first-order chi connectivity index (χ1) is 16.2. The zero-order valence-electron chi connectivity index (χ0n) is 18.5. The first-order valence-electron chi connectivity index (χ1n) is 10.2. The number of carboxylic acid groups (broad SMARTS) is 2. The van der Waals surface area contributed by atoms with Gasteiger partial charge in [-0.2, -0.15) is 4.98 Å². The second kappa shape index (κ2) is 12.4. The zero-order valence-corrected chi connectivity index (χ0v) is 20.7. The van der Waals surface area contributed by atoms with Crippen LogP contribution in [0.15, 0.2) is 29.1 Å². The number of carbonyl (C=O) groups excluding carboxylic acids is 2.